The van der Waals surface area contributed by atoms with Gasteiger partial charge in [-0.25, -0.2) is 0 Å². The highest BCUT2D eigenvalue weighted by Gasteiger charge is 2.48. The predicted octanol–water partition coefficient (Wildman–Crippen LogP) is 5.17. The van der Waals surface area contributed by atoms with E-state index in [9.17, 15) is 4.79 Å². The molecule has 1 N–H and O–H groups in total. The summed E-state index contributed by atoms with van der Waals surface area (Å²) in [6.07, 6.45) is 1.85. The quantitative estimate of drug-likeness (QED) is 0.502. The number of H-pyrrole nitrogens is 1. The first-order valence-corrected chi connectivity index (χ1v) is 8.24. The lowest BCUT2D eigenvalue weighted by Crippen LogP contribution is -2.56. The summed E-state index contributed by atoms with van der Waals surface area (Å²) in [6, 6.07) is 12.6. The summed E-state index contributed by atoms with van der Waals surface area (Å²) >= 11 is 18.5. The molecule has 2 aromatic carbocycles. The number of hydrogen-bond donors (Lipinski definition) is 1. The Bertz CT molecular complexity index is 921. The van der Waals surface area contributed by atoms with E-state index in [2.05, 4.69) is 4.98 Å². The minimum absolute atomic E-state index is 0.0394. The fraction of sp³-hybridized carbons (Fsp3) is 0.118. The zero-order chi connectivity index (χ0) is 16.1. The van der Waals surface area contributed by atoms with Crippen molar-refractivity contribution in [2.24, 2.45) is 0 Å². The Morgan fingerprint density at radius 3 is 2.65 bits per heavy atom. The van der Waals surface area contributed by atoms with Gasteiger partial charge in [0.2, 0.25) is 0 Å². The average molecular weight is 366 g/mol. The summed E-state index contributed by atoms with van der Waals surface area (Å²) < 4.78 is 0. The lowest BCUT2D eigenvalue weighted by Gasteiger charge is -2.45. The topological polar surface area (TPSA) is 36.1 Å². The van der Waals surface area contributed by atoms with Gasteiger partial charge in [0.25, 0.3) is 0 Å². The SMILES string of the molecule is O=C1[C@H](c2c[nH]c3ccccc23)N(c2ccc(Cl)cc2Cl)[C@H]1Cl. The van der Waals surface area contributed by atoms with E-state index in [-0.39, 0.29) is 5.78 Å². The van der Waals surface area contributed by atoms with Crippen LogP contribution in [0.5, 0.6) is 0 Å². The molecule has 4 rings (SSSR count). The van der Waals surface area contributed by atoms with Crippen molar-refractivity contribution in [2.45, 2.75) is 11.5 Å². The van der Waals surface area contributed by atoms with Crippen molar-refractivity contribution in [3.63, 3.8) is 0 Å². The van der Waals surface area contributed by atoms with Crippen molar-refractivity contribution >= 4 is 57.2 Å². The summed E-state index contributed by atoms with van der Waals surface area (Å²) in [5, 5.41) is 2.02. The number of ketones is 1. The third kappa shape index (κ3) is 2.23. The molecule has 0 saturated carbocycles. The molecule has 0 bridgehead atoms. The van der Waals surface area contributed by atoms with Crippen LogP contribution in [-0.2, 0) is 4.79 Å². The number of halogens is 3. The average Bonchev–Trinajstić information content (AvgIpc) is 2.96. The van der Waals surface area contributed by atoms with Crippen LogP contribution >= 0.6 is 34.8 Å². The Kier molecular flexibility index (Phi) is 3.52. The molecule has 0 amide bonds. The second kappa shape index (κ2) is 5.45. The second-order valence-electron chi connectivity index (χ2n) is 5.43. The minimum atomic E-state index is -0.729. The molecule has 2 atom stereocenters. The molecule has 2 heterocycles. The van der Waals surface area contributed by atoms with Crippen LogP contribution in [0.2, 0.25) is 10.0 Å². The molecule has 1 aromatic heterocycles. The van der Waals surface area contributed by atoms with Gasteiger partial charge in [-0.15, -0.1) is 0 Å². The number of hydrogen-bond acceptors (Lipinski definition) is 2. The molecule has 1 aliphatic rings. The van der Waals surface area contributed by atoms with E-state index in [0.717, 1.165) is 16.5 Å². The molecule has 0 radical (unpaired) electrons. The van der Waals surface area contributed by atoms with Crippen LogP contribution in [0, 0.1) is 0 Å². The number of carbonyl (C=O) groups excluding carboxylic acids is 1. The van der Waals surface area contributed by atoms with Gasteiger partial charge in [0, 0.05) is 27.7 Å². The zero-order valence-corrected chi connectivity index (χ0v) is 14.0. The highest BCUT2D eigenvalue weighted by molar-refractivity contribution is 6.40. The molecule has 116 valence electrons. The smallest absolute Gasteiger partial charge is 0.197 e. The lowest BCUT2D eigenvalue weighted by molar-refractivity contribution is -0.124. The number of rotatable bonds is 2. The summed E-state index contributed by atoms with van der Waals surface area (Å²) in [5.74, 6) is -0.0394. The van der Waals surface area contributed by atoms with E-state index >= 15 is 0 Å². The summed E-state index contributed by atoms with van der Waals surface area (Å²) in [4.78, 5) is 17.4. The molecular formula is C17H11Cl3N2O. The van der Waals surface area contributed by atoms with E-state index in [1.54, 1.807) is 18.2 Å². The zero-order valence-electron chi connectivity index (χ0n) is 11.8. The number of para-hydroxylation sites is 1. The van der Waals surface area contributed by atoms with Crippen molar-refractivity contribution in [3.05, 3.63) is 64.3 Å². The Morgan fingerprint density at radius 2 is 1.87 bits per heavy atom. The maximum Gasteiger partial charge on any atom is 0.197 e. The molecule has 0 unspecified atom stereocenters. The van der Waals surface area contributed by atoms with Crippen molar-refractivity contribution in [2.75, 3.05) is 4.90 Å². The van der Waals surface area contributed by atoms with Crippen LogP contribution in [0.3, 0.4) is 0 Å². The molecule has 0 spiro atoms. The Balaban J connectivity index is 1.82. The molecule has 1 aliphatic heterocycles. The van der Waals surface area contributed by atoms with Crippen LogP contribution in [0.25, 0.3) is 10.9 Å². The van der Waals surface area contributed by atoms with Crippen LogP contribution in [0.1, 0.15) is 11.6 Å². The number of fused-ring (bicyclic) bond motifs is 1. The standard InChI is InChI=1S/C17H11Cl3N2O/c18-9-5-6-14(12(19)7-9)22-15(16(23)17(22)20)11-8-21-13-4-2-1-3-10(11)13/h1-8,15,17,21H/t15-,17+/m0/s1. The van der Waals surface area contributed by atoms with Crippen molar-refractivity contribution < 1.29 is 4.79 Å². The number of aromatic nitrogens is 1. The van der Waals surface area contributed by atoms with Crippen LogP contribution in [-0.4, -0.2) is 16.3 Å². The molecule has 3 nitrogen and oxygen atoms in total. The summed E-state index contributed by atoms with van der Waals surface area (Å²) in [5.41, 5.74) is 1.85. The fourth-order valence-corrected chi connectivity index (χ4v) is 3.87. The summed E-state index contributed by atoms with van der Waals surface area (Å²) in [7, 11) is 0. The molecular weight excluding hydrogens is 355 g/mol. The molecule has 0 aliphatic carbocycles. The number of benzene rings is 2. The highest BCUT2D eigenvalue weighted by atomic mass is 35.5. The number of nitrogens with one attached hydrogen (secondary N) is 1. The van der Waals surface area contributed by atoms with E-state index in [1.807, 2.05) is 35.4 Å². The van der Waals surface area contributed by atoms with Crippen LogP contribution in [0.4, 0.5) is 5.69 Å². The fourth-order valence-electron chi connectivity index (χ4n) is 3.03. The number of Topliss-reactive ketones (excluding diaryl/α,β-unsaturated/α-hetero) is 1. The Labute approximate surface area is 147 Å². The van der Waals surface area contributed by atoms with Gasteiger partial charge >= 0.3 is 0 Å². The van der Waals surface area contributed by atoms with Gasteiger partial charge in [-0.2, -0.15) is 0 Å². The number of alkyl halides is 1. The van der Waals surface area contributed by atoms with Gasteiger partial charge in [0.05, 0.1) is 10.7 Å². The van der Waals surface area contributed by atoms with Gasteiger partial charge in [-0.3, -0.25) is 4.79 Å². The second-order valence-corrected chi connectivity index (χ2v) is 6.69. The van der Waals surface area contributed by atoms with Crippen molar-refractivity contribution in [1.29, 1.82) is 0 Å². The van der Waals surface area contributed by atoms with Crippen molar-refractivity contribution in [3.8, 4) is 0 Å². The van der Waals surface area contributed by atoms with E-state index < -0.39 is 11.5 Å². The minimum Gasteiger partial charge on any atom is -0.361 e. The van der Waals surface area contributed by atoms with Gasteiger partial charge in [0.15, 0.2) is 11.3 Å². The highest BCUT2D eigenvalue weighted by Crippen LogP contribution is 2.46. The maximum atomic E-state index is 12.4. The number of anilines is 1. The number of carbonyl (C=O) groups is 1. The van der Waals surface area contributed by atoms with Gasteiger partial charge in [0.1, 0.15) is 6.04 Å². The third-order valence-corrected chi connectivity index (χ3v) is 5.09. The number of aromatic amines is 1. The third-order valence-electron chi connectivity index (χ3n) is 4.13. The molecule has 1 saturated heterocycles. The van der Waals surface area contributed by atoms with E-state index in [0.29, 0.717) is 15.7 Å². The number of nitrogens with zero attached hydrogens (tertiary/aromatic N) is 1. The van der Waals surface area contributed by atoms with Crippen molar-refractivity contribution in [1.82, 2.24) is 4.98 Å². The molecule has 23 heavy (non-hydrogen) atoms. The van der Waals surface area contributed by atoms with Gasteiger partial charge in [-0.05, 0) is 24.3 Å². The molecule has 6 heteroatoms. The monoisotopic (exact) mass is 364 g/mol. The van der Waals surface area contributed by atoms with Gasteiger partial charge < -0.3 is 9.88 Å². The molecule has 3 aromatic rings. The van der Waals surface area contributed by atoms with Crippen LogP contribution < -0.4 is 4.90 Å². The largest absolute Gasteiger partial charge is 0.361 e. The van der Waals surface area contributed by atoms with Crippen LogP contribution in [0.15, 0.2) is 48.7 Å². The Morgan fingerprint density at radius 1 is 1.09 bits per heavy atom. The normalized spacial score (nSPS) is 20.8. The van der Waals surface area contributed by atoms with E-state index in [1.165, 1.54) is 0 Å². The molecule has 1 fully saturated rings. The first-order valence-electron chi connectivity index (χ1n) is 7.05. The van der Waals surface area contributed by atoms with E-state index in [4.69, 9.17) is 34.8 Å². The predicted molar refractivity (Wildman–Crippen MR) is 94.6 cm³/mol. The Hall–Kier alpha value is -1.68. The summed E-state index contributed by atoms with van der Waals surface area (Å²) in [6.45, 7) is 0. The van der Waals surface area contributed by atoms with Gasteiger partial charge in [-0.1, -0.05) is 53.0 Å². The first-order chi connectivity index (χ1) is 11.1. The first kappa shape index (κ1) is 14.9. The lowest BCUT2D eigenvalue weighted by atomic mass is 9.91. The maximum absolute atomic E-state index is 12.4.